The van der Waals surface area contributed by atoms with Crippen molar-refractivity contribution in [2.75, 3.05) is 14.2 Å². The maximum absolute atomic E-state index is 5.78. The van der Waals surface area contributed by atoms with Gasteiger partial charge in [0.1, 0.15) is 11.5 Å². The van der Waals surface area contributed by atoms with Gasteiger partial charge in [0.2, 0.25) is 17.4 Å². The zero-order chi connectivity index (χ0) is 25.4. The van der Waals surface area contributed by atoms with E-state index >= 15 is 0 Å². The molecule has 0 spiro atoms. The molecule has 1 aromatic carbocycles. The number of methoxy groups -OCH3 is 2. The number of aromatic nitrogens is 8. The first-order chi connectivity index (χ1) is 17.6. The van der Waals surface area contributed by atoms with Crippen LogP contribution in [0.4, 0.5) is 0 Å². The van der Waals surface area contributed by atoms with E-state index in [9.17, 15) is 0 Å². The van der Waals surface area contributed by atoms with E-state index in [2.05, 4.69) is 63.7 Å². The highest BCUT2D eigenvalue weighted by molar-refractivity contribution is 5.77. The minimum absolute atomic E-state index is 0.467. The molecule has 0 atom stereocenters. The third-order valence-electron chi connectivity index (χ3n) is 6.29. The highest BCUT2D eigenvalue weighted by atomic mass is 16.7. The van der Waals surface area contributed by atoms with Crippen LogP contribution in [0.15, 0.2) is 42.6 Å². The van der Waals surface area contributed by atoms with E-state index in [0.717, 1.165) is 54.7 Å². The molecule has 0 bridgehead atoms. The van der Waals surface area contributed by atoms with Crippen LogP contribution in [-0.4, -0.2) is 54.6 Å². The number of benzene rings is 1. The number of nitrogens with one attached hydrogen (secondary N) is 1. The minimum atomic E-state index is -0.935. The largest absolute Gasteiger partial charge is 0.347 e. The van der Waals surface area contributed by atoms with Crippen molar-refractivity contribution < 1.29 is 9.47 Å². The zero-order valence-corrected chi connectivity index (χ0v) is 21.4. The van der Waals surface area contributed by atoms with Crippen LogP contribution in [0.2, 0.25) is 0 Å². The summed E-state index contributed by atoms with van der Waals surface area (Å²) in [5, 5.41) is 19.2. The van der Waals surface area contributed by atoms with E-state index in [1.54, 1.807) is 20.4 Å². The number of ether oxygens (including phenoxy) is 2. The highest BCUT2D eigenvalue weighted by Gasteiger charge is 2.36. The highest BCUT2D eigenvalue weighted by Crippen LogP contribution is 2.30. The number of aryl methyl sites for hydroxylation is 1. The third kappa shape index (κ3) is 5.50. The number of nitrogens with zero attached hydrogens (tertiary/aromatic N) is 7. The fraction of sp³-hybridized carbons (Fsp3) is 0.462. The predicted octanol–water partition coefficient (Wildman–Crippen LogP) is 4.55. The van der Waals surface area contributed by atoms with Gasteiger partial charge in [-0.1, -0.05) is 63.4 Å². The first kappa shape index (κ1) is 25.6. The average Bonchev–Trinajstić information content (AvgIpc) is 3.59. The molecule has 0 saturated carbocycles. The molecule has 0 unspecified atom stereocenters. The molecule has 4 aromatic rings. The second kappa shape index (κ2) is 12.0. The van der Waals surface area contributed by atoms with Gasteiger partial charge in [-0.25, -0.2) is 9.67 Å². The van der Waals surface area contributed by atoms with Crippen molar-refractivity contribution in [2.24, 2.45) is 0 Å². The fourth-order valence-electron chi connectivity index (χ4n) is 4.33. The first-order valence-electron chi connectivity index (χ1n) is 12.5. The van der Waals surface area contributed by atoms with Crippen LogP contribution < -0.4 is 0 Å². The molecule has 0 aliphatic rings. The van der Waals surface area contributed by atoms with Crippen LogP contribution in [0, 0.1) is 0 Å². The normalized spacial score (nSPS) is 11.8. The van der Waals surface area contributed by atoms with Crippen molar-refractivity contribution in [1.29, 1.82) is 0 Å². The van der Waals surface area contributed by atoms with Crippen LogP contribution in [0.1, 0.15) is 63.2 Å². The van der Waals surface area contributed by atoms with E-state index in [4.69, 9.17) is 19.6 Å². The van der Waals surface area contributed by atoms with Crippen molar-refractivity contribution >= 4 is 0 Å². The number of tetrazole rings is 1. The maximum atomic E-state index is 5.78. The lowest BCUT2D eigenvalue weighted by Gasteiger charge is -2.27. The Balaban J connectivity index is 1.61. The molecule has 1 N–H and O–H groups in total. The molecule has 36 heavy (non-hydrogen) atoms. The van der Waals surface area contributed by atoms with E-state index in [0.29, 0.717) is 30.2 Å². The summed E-state index contributed by atoms with van der Waals surface area (Å²) < 4.78 is 13.6. The van der Waals surface area contributed by atoms with E-state index in [1.807, 2.05) is 16.8 Å². The Kier molecular flexibility index (Phi) is 8.50. The van der Waals surface area contributed by atoms with Crippen LogP contribution in [0.25, 0.3) is 22.6 Å². The molecule has 0 amide bonds. The van der Waals surface area contributed by atoms with Crippen molar-refractivity contribution in [2.45, 2.75) is 64.7 Å². The van der Waals surface area contributed by atoms with Gasteiger partial charge >= 0.3 is 0 Å². The van der Waals surface area contributed by atoms with Gasteiger partial charge in [-0.3, -0.25) is 4.98 Å². The Morgan fingerprint density at radius 2 is 1.81 bits per heavy atom. The second-order valence-corrected chi connectivity index (χ2v) is 8.70. The number of unbranched alkanes of at least 4 members (excludes halogenated alkanes) is 2. The number of rotatable bonds is 13. The summed E-state index contributed by atoms with van der Waals surface area (Å²) in [6.45, 7) is 5.11. The summed E-state index contributed by atoms with van der Waals surface area (Å²) in [5.41, 5.74) is 3.79. The van der Waals surface area contributed by atoms with Crippen LogP contribution in [0.3, 0.4) is 0 Å². The molecule has 3 aromatic heterocycles. The molecule has 0 aliphatic carbocycles. The van der Waals surface area contributed by atoms with Crippen molar-refractivity contribution in [1.82, 2.24) is 40.4 Å². The number of aromatic amines is 1. The SMILES string of the molecule is CCCCCn1nc(C(CCC)(OC)OC)nc1Cc1ccc(-c2cccnc2-c2nn[nH]n2)cc1. The molecule has 10 nitrogen and oxygen atoms in total. The van der Waals surface area contributed by atoms with E-state index < -0.39 is 5.79 Å². The van der Waals surface area contributed by atoms with Crippen molar-refractivity contribution in [3.63, 3.8) is 0 Å². The molecular formula is C26H34N8O2. The fourth-order valence-corrected chi connectivity index (χ4v) is 4.33. The molecule has 0 saturated heterocycles. The van der Waals surface area contributed by atoms with Crippen LogP contribution in [0.5, 0.6) is 0 Å². The number of pyridine rings is 1. The first-order valence-corrected chi connectivity index (χ1v) is 12.5. The Labute approximate surface area is 211 Å². The topological polar surface area (TPSA) is 117 Å². The Morgan fingerprint density at radius 3 is 2.47 bits per heavy atom. The summed E-state index contributed by atoms with van der Waals surface area (Å²) in [7, 11) is 3.30. The van der Waals surface area contributed by atoms with Gasteiger partial charge < -0.3 is 9.47 Å². The van der Waals surface area contributed by atoms with Gasteiger partial charge in [-0.05, 0) is 28.8 Å². The molecular weight excluding hydrogens is 456 g/mol. The summed E-state index contributed by atoms with van der Waals surface area (Å²) in [4.78, 5) is 9.37. The standard InChI is InChI=1S/C26H34N8O2/c1-5-7-8-17-34-22(28-25(31-34)26(35-3,36-4)15-6-2)18-19-11-13-20(14-12-19)21-10-9-16-27-23(21)24-29-32-33-30-24/h9-14,16H,5-8,15,17-18H2,1-4H3,(H,29,30,32,33). The second-order valence-electron chi connectivity index (χ2n) is 8.70. The molecule has 4 rings (SSSR count). The summed E-state index contributed by atoms with van der Waals surface area (Å²) in [6, 6.07) is 12.3. The average molecular weight is 491 g/mol. The summed E-state index contributed by atoms with van der Waals surface area (Å²) in [5.74, 6) is 1.01. The molecule has 190 valence electrons. The molecule has 0 aliphatic heterocycles. The lowest BCUT2D eigenvalue weighted by Crippen LogP contribution is -2.32. The number of hydrogen-bond acceptors (Lipinski definition) is 8. The van der Waals surface area contributed by atoms with Gasteiger partial charge in [-0.15, -0.1) is 10.2 Å². The van der Waals surface area contributed by atoms with Gasteiger partial charge in [0, 0.05) is 45.4 Å². The predicted molar refractivity (Wildman–Crippen MR) is 136 cm³/mol. The quantitative estimate of drug-likeness (QED) is 0.214. The molecule has 0 fully saturated rings. The van der Waals surface area contributed by atoms with Crippen LogP contribution in [-0.2, 0) is 28.2 Å². The smallest absolute Gasteiger partial charge is 0.231 e. The molecule has 10 heteroatoms. The van der Waals surface area contributed by atoms with Crippen molar-refractivity contribution in [3.8, 4) is 22.6 Å². The summed E-state index contributed by atoms with van der Waals surface area (Å²) in [6.07, 6.45) is 7.29. The minimum Gasteiger partial charge on any atom is -0.347 e. The zero-order valence-electron chi connectivity index (χ0n) is 21.4. The van der Waals surface area contributed by atoms with Gasteiger partial charge in [0.15, 0.2) is 0 Å². The lowest BCUT2D eigenvalue weighted by atomic mass is 10.0. The Bertz CT molecular complexity index is 1220. The van der Waals surface area contributed by atoms with Gasteiger partial charge in [0.25, 0.3) is 0 Å². The van der Waals surface area contributed by atoms with Gasteiger partial charge in [0.05, 0.1) is 0 Å². The Morgan fingerprint density at radius 1 is 1.00 bits per heavy atom. The summed E-state index contributed by atoms with van der Waals surface area (Å²) >= 11 is 0. The molecule has 0 radical (unpaired) electrons. The third-order valence-corrected chi connectivity index (χ3v) is 6.29. The molecule has 3 heterocycles. The lowest BCUT2D eigenvalue weighted by molar-refractivity contribution is -0.225. The monoisotopic (exact) mass is 490 g/mol. The van der Waals surface area contributed by atoms with E-state index in [-0.39, 0.29) is 0 Å². The maximum Gasteiger partial charge on any atom is 0.231 e. The number of H-pyrrole nitrogens is 1. The Hall–Kier alpha value is -3.50. The van der Waals surface area contributed by atoms with Gasteiger partial charge in [-0.2, -0.15) is 10.3 Å². The van der Waals surface area contributed by atoms with E-state index in [1.165, 1.54) is 0 Å². The van der Waals surface area contributed by atoms with Crippen molar-refractivity contribution in [3.05, 3.63) is 59.8 Å². The number of hydrogen-bond donors (Lipinski definition) is 1. The van der Waals surface area contributed by atoms with Crippen LogP contribution >= 0.6 is 0 Å².